The fraction of sp³-hybridized carbons (Fsp3) is 0.429. The Morgan fingerprint density at radius 1 is 1.32 bits per heavy atom. The molecule has 0 unspecified atom stereocenters. The van der Waals surface area contributed by atoms with Gasteiger partial charge in [-0.15, -0.1) is 0 Å². The highest BCUT2D eigenvalue weighted by atomic mass is 79.9. The Bertz CT molecular complexity index is 480. The van der Waals surface area contributed by atoms with Gasteiger partial charge in [-0.1, -0.05) is 28.1 Å². The molecule has 0 fully saturated rings. The highest BCUT2D eigenvalue weighted by molar-refractivity contribution is 9.10. The van der Waals surface area contributed by atoms with Crippen LogP contribution >= 0.6 is 15.9 Å². The van der Waals surface area contributed by atoms with Crippen molar-refractivity contribution in [1.82, 2.24) is 4.90 Å². The van der Waals surface area contributed by atoms with Crippen molar-refractivity contribution in [2.45, 2.75) is 39.8 Å². The van der Waals surface area contributed by atoms with Crippen LogP contribution in [0.2, 0.25) is 0 Å². The van der Waals surface area contributed by atoms with Crippen LogP contribution < -0.4 is 0 Å². The number of rotatable bonds is 2. The number of amides is 2. The van der Waals surface area contributed by atoms with Crippen molar-refractivity contribution in [3.05, 3.63) is 34.3 Å². The van der Waals surface area contributed by atoms with Gasteiger partial charge in [0, 0.05) is 11.4 Å². The number of halogens is 1. The maximum absolute atomic E-state index is 12.0. The molecule has 0 heterocycles. The number of carbonyl (C=O) groups excluding carboxylic acids is 2. The molecule has 5 heteroatoms. The molecule has 0 N–H and O–H groups in total. The van der Waals surface area contributed by atoms with Gasteiger partial charge in [-0.25, -0.2) is 9.69 Å². The monoisotopic (exact) mass is 327 g/mol. The van der Waals surface area contributed by atoms with E-state index < -0.39 is 11.7 Å². The van der Waals surface area contributed by atoms with Crippen LogP contribution in [0.25, 0.3) is 0 Å². The fourth-order valence-corrected chi connectivity index (χ4v) is 1.89. The summed E-state index contributed by atoms with van der Waals surface area (Å²) in [5.41, 5.74) is 0.234. The predicted octanol–water partition coefficient (Wildman–Crippen LogP) is 3.73. The van der Waals surface area contributed by atoms with E-state index >= 15 is 0 Å². The molecule has 1 aromatic rings. The molecular formula is C14H18BrNO3. The standard InChI is InChI=1S/C14H18BrNO3/c1-10(17)16(13(18)19-14(2,3)4)9-11-6-5-7-12(15)8-11/h5-8H,9H2,1-4H3. The summed E-state index contributed by atoms with van der Waals surface area (Å²) in [7, 11) is 0. The first-order valence-electron chi connectivity index (χ1n) is 5.94. The van der Waals surface area contributed by atoms with E-state index in [0.717, 1.165) is 14.9 Å². The van der Waals surface area contributed by atoms with Crippen LogP contribution in [0.4, 0.5) is 4.79 Å². The van der Waals surface area contributed by atoms with Crippen LogP contribution in [0.3, 0.4) is 0 Å². The fourth-order valence-electron chi connectivity index (χ4n) is 1.44. The average molecular weight is 328 g/mol. The number of carbonyl (C=O) groups is 2. The van der Waals surface area contributed by atoms with E-state index in [1.54, 1.807) is 20.8 Å². The molecule has 19 heavy (non-hydrogen) atoms. The highest BCUT2D eigenvalue weighted by Gasteiger charge is 2.25. The molecule has 1 aromatic carbocycles. The lowest BCUT2D eigenvalue weighted by molar-refractivity contribution is -0.128. The lowest BCUT2D eigenvalue weighted by atomic mass is 10.2. The SMILES string of the molecule is CC(=O)N(Cc1cccc(Br)c1)C(=O)OC(C)(C)C. The van der Waals surface area contributed by atoms with Crippen molar-refractivity contribution in [2.75, 3.05) is 0 Å². The van der Waals surface area contributed by atoms with E-state index in [1.165, 1.54) is 6.92 Å². The molecule has 2 amide bonds. The van der Waals surface area contributed by atoms with Gasteiger partial charge >= 0.3 is 6.09 Å². The average Bonchev–Trinajstić information content (AvgIpc) is 2.23. The van der Waals surface area contributed by atoms with Gasteiger partial charge < -0.3 is 4.74 Å². The number of imide groups is 1. The molecule has 0 spiro atoms. The van der Waals surface area contributed by atoms with E-state index in [1.807, 2.05) is 24.3 Å². The third-order valence-corrected chi connectivity index (χ3v) is 2.72. The van der Waals surface area contributed by atoms with Gasteiger partial charge in [-0.2, -0.15) is 0 Å². The number of hydrogen-bond donors (Lipinski definition) is 0. The second-order valence-corrected chi connectivity index (χ2v) is 6.13. The third-order valence-electron chi connectivity index (χ3n) is 2.22. The summed E-state index contributed by atoms with van der Waals surface area (Å²) in [5.74, 6) is -0.339. The lowest BCUT2D eigenvalue weighted by Crippen LogP contribution is -2.39. The molecule has 0 radical (unpaired) electrons. The summed E-state index contributed by atoms with van der Waals surface area (Å²) in [6.45, 7) is 6.85. The Kier molecular flexibility index (Phi) is 5.11. The van der Waals surface area contributed by atoms with Crippen LogP contribution in [0.15, 0.2) is 28.7 Å². The largest absolute Gasteiger partial charge is 0.443 e. The smallest absolute Gasteiger partial charge is 0.417 e. The number of hydrogen-bond acceptors (Lipinski definition) is 3. The van der Waals surface area contributed by atoms with E-state index in [4.69, 9.17) is 4.74 Å². The molecule has 0 saturated carbocycles. The van der Waals surface area contributed by atoms with E-state index in [2.05, 4.69) is 15.9 Å². The molecular weight excluding hydrogens is 310 g/mol. The predicted molar refractivity (Wildman–Crippen MR) is 76.6 cm³/mol. The zero-order valence-corrected chi connectivity index (χ0v) is 13.2. The maximum atomic E-state index is 12.0. The summed E-state index contributed by atoms with van der Waals surface area (Å²) in [6.07, 6.45) is -0.625. The van der Waals surface area contributed by atoms with Gasteiger partial charge in [0.15, 0.2) is 0 Å². The van der Waals surface area contributed by atoms with Crippen molar-refractivity contribution in [3.63, 3.8) is 0 Å². The van der Waals surface area contributed by atoms with Gasteiger partial charge in [0.1, 0.15) is 5.60 Å². The summed E-state index contributed by atoms with van der Waals surface area (Å²) in [5, 5.41) is 0. The zero-order chi connectivity index (χ0) is 14.6. The Hall–Kier alpha value is -1.36. The number of benzene rings is 1. The number of ether oxygens (including phenoxy) is 1. The minimum absolute atomic E-state index is 0.198. The van der Waals surface area contributed by atoms with Crippen molar-refractivity contribution in [1.29, 1.82) is 0 Å². The molecule has 0 bridgehead atoms. The minimum atomic E-state index is -0.625. The topological polar surface area (TPSA) is 46.6 Å². The van der Waals surface area contributed by atoms with Crippen LogP contribution in [-0.2, 0) is 16.1 Å². The first kappa shape index (κ1) is 15.7. The molecule has 1 rings (SSSR count). The third kappa shape index (κ3) is 5.42. The van der Waals surface area contributed by atoms with E-state index in [-0.39, 0.29) is 12.5 Å². The van der Waals surface area contributed by atoms with Crippen LogP contribution in [0.1, 0.15) is 33.3 Å². The molecule has 104 valence electrons. The molecule has 0 aliphatic rings. The minimum Gasteiger partial charge on any atom is -0.443 e. The zero-order valence-electron chi connectivity index (χ0n) is 11.6. The second kappa shape index (κ2) is 6.19. The van der Waals surface area contributed by atoms with Crippen LogP contribution in [-0.4, -0.2) is 22.5 Å². The van der Waals surface area contributed by atoms with Crippen LogP contribution in [0, 0.1) is 0 Å². The van der Waals surface area contributed by atoms with Crippen molar-refractivity contribution in [2.24, 2.45) is 0 Å². The molecule has 0 aromatic heterocycles. The van der Waals surface area contributed by atoms with E-state index in [9.17, 15) is 9.59 Å². The molecule has 0 atom stereocenters. The van der Waals surface area contributed by atoms with E-state index in [0.29, 0.717) is 0 Å². The normalized spacial score (nSPS) is 11.0. The Labute approximate surface area is 121 Å². The molecule has 0 aliphatic heterocycles. The van der Waals surface area contributed by atoms with Gasteiger partial charge in [0.05, 0.1) is 6.54 Å². The number of nitrogens with zero attached hydrogens (tertiary/aromatic N) is 1. The summed E-state index contributed by atoms with van der Waals surface area (Å²) < 4.78 is 6.12. The van der Waals surface area contributed by atoms with Gasteiger partial charge in [-0.05, 0) is 38.5 Å². The van der Waals surface area contributed by atoms with Gasteiger partial charge in [0.2, 0.25) is 5.91 Å². The quantitative estimate of drug-likeness (QED) is 0.831. The second-order valence-electron chi connectivity index (χ2n) is 5.22. The van der Waals surface area contributed by atoms with Crippen molar-refractivity contribution in [3.8, 4) is 0 Å². The summed E-state index contributed by atoms with van der Waals surface area (Å²) in [6, 6.07) is 7.45. The lowest BCUT2D eigenvalue weighted by Gasteiger charge is -2.25. The Balaban J connectivity index is 2.84. The Morgan fingerprint density at radius 2 is 1.95 bits per heavy atom. The Morgan fingerprint density at radius 3 is 2.42 bits per heavy atom. The first-order chi connectivity index (χ1) is 8.69. The van der Waals surface area contributed by atoms with Gasteiger partial charge in [0.25, 0.3) is 0 Å². The van der Waals surface area contributed by atoms with Crippen molar-refractivity contribution >= 4 is 27.9 Å². The molecule has 4 nitrogen and oxygen atoms in total. The van der Waals surface area contributed by atoms with Crippen molar-refractivity contribution < 1.29 is 14.3 Å². The maximum Gasteiger partial charge on any atom is 0.417 e. The summed E-state index contributed by atoms with van der Waals surface area (Å²) in [4.78, 5) is 24.6. The molecule has 0 aliphatic carbocycles. The molecule has 0 saturated heterocycles. The van der Waals surface area contributed by atoms with Crippen LogP contribution in [0.5, 0.6) is 0 Å². The first-order valence-corrected chi connectivity index (χ1v) is 6.74. The van der Waals surface area contributed by atoms with Gasteiger partial charge in [-0.3, -0.25) is 4.79 Å². The summed E-state index contributed by atoms with van der Waals surface area (Å²) >= 11 is 3.36. The highest BCUT2D eigenvalue weighted by Crippen LogP contribution is 2.16.